The molecule has 0 aromatic heterocycles. The minimum absolute atomic E-state index is 0.0189. The molecular weight excluding hydrogens is 252 g/mol. The molecule has 0 fully saturated rings. The van der Waals surface area contributed by atoms with Crippen LogP contribution in [0, 0.1) is 18.8 Å². The van der Waals surface area contributed by atoms with E-state index in [0.717, 1.165) is 11.1 Å². The first kappa shape index (κ1) is 16.2. The van der Waals surface area contributed by atoms with E-state index >= 15 is 0 Å². The van der Waals surface area contributed by atoms with Crippen LogP contribution in [0.1, 0.15) is 28.4 Å². The Balaban J connectivity index is 3.08. The molecule has 1 rings (SSSR count). The smallest absolute Gasteiger partial charge is 0.255 e. The van der Waals surface area contributed by atoms with Crippen LogP contribution < -0.4 is 5.73 Å². The van der Waals surface area contributed by atoms with Gasteiger partial charge in [0, 0.05) is 25.8 Å². The third-order valence-corrected chi connectivity index (χ3v) is 2.96. The largest absolute Gasteiger partial charge is 0.383 e. The molecule has 0 radical (unpaired) electrons. The van der Waals surface area contributed by atoms with Gasteiger partial charge >= 0.3 is 0 Å². The first-order valence-electron chi connectivity index (χ1n) is 6.71. The maximum absolute atomic E-state index is 12.6. The standard InChI is InChI=1S/C16H22N2O2/c1-4-18(10-11-20-3)16(19)15-12-13(2)7-8-14(15)6-5-9-17/h7-8,12H,4,9-11,17H2,1-3H3. The molecule has 2 N–H and O–H groups in total. The highest BCUT2D eigenvalue weighted by Crippen LogP contribution is 2.13. The maximum Gasteiger partial charge on any atom is 0.255 e. The molecule has 0 aliphatic carbocycles. The average molecular weight is 274 g/mol. The van der Waals surface area contributed by atoms with E-state index in [9.17, 15) is 4.79 Å². The molecule has 0 aliphatic rings. The van der Waals surface area contributed by atoms with Crippen LogP contribution in [0.5, 0.6) is 0 Å². The van der Waals surface area contributed by atoms with Gasteiger partial charge in [-0.05, 0) is 26.0 Å². The molecule has 0 spiro atoms. The summed E-state index contributed by atoms with van der Waals surface area (Å²) >= 11 is 0. The van der Waals surface area contributed by atoms with Crippen molar-refractivity contribution in [2.24, 2.45) is 5.73 Å². The van der Waals surface area contributed by atoms with Gasteiger partial charge in [-0.3, -0.25) is 4.79 Å². The summed E-state index contributed by atoms with van der Waals surface area (Å²) in [5.74, 6) is 5.75. The van der Waals surface area contributed by atoms with Gasteiger partial charge in [0.05, 0.1) is 18.7 Å². The number of aryl methyl sites for hydroxylation is 1. The van der Waals surface area contributed by atoms with Crippen molar-refractivity contribution < 1.29 is 9.53 Å². The van der Waals surface area contributed by atoms with Crippen LogP contribution in [0.2, 0.25) is 0 Å². The third-order valence-electron chi connectivity index (χ3n) is 2.96. The quantitative estimate of drug-likeness (QED) is 0.826. The van der Waals surface area contributed by atoms with E-state index in [1.807, 2.05) is 32.0 Å². The van der Waals surface area contributed by atoms with Crippen molar-refractivity contribution in [1.29, 1.82) is 0 Å². The lowest BCUT2D eigenvalue weighted by Gasteiger charge is -2.21. The Morgan fingerprint density at radius 2 is 2.20 bits per heavy atom. The number of benzene rings is 1. The molecule has 0 unspecified atom stereocenters. The second kappa shape index (κ2) is 8.36. The van der Waals surface area contributed by atoms with E-state index in [-0.39, 0.29) is 12.5 Å². The highest BCUT2D eigenvalue weighted by Gasteiger charge is 2.17. The lowest BCUT2D eigenvalue weighted by molar-refractivity contribution is 0.0706. The first-order chi connectivity index (χ1) is 9.63. The van der Waals surface area contributed by atoms with E-state index in [4.69, 9.17) is 10.5 Å². The van der Waals surface area contributed by atoms with E-state index in [0.29, 0.717) is 25.3 Å². The topological polar surface area (TPSA) is 55.6 Å². The number of ether oxygens (including phenoxy) is 1. The summed E-state index contributed by atoms with van der Waals surface area (Å²) < 4.78 is 5.04. The number of nitrogens with two attached hydrogens (primary N) is 1. The van der Waals surface area contributed by atoms with Gasteiger partial charge in [-0.25, -0.2) is 0 Å². The summed E-state index contributed by atoms with van der Waals surface area (Å²) in [7, 11) is 1.63. The Labute approximate surface area is 120 Å². The summed E-state index contributed by atoms with van der Waals surface area (Å²) in [5.41, 5.74) is 7.79. The number of likely N-dealkylation sites (N-methyl/N-ethyl adjacent to an activating group) is 1. The predicted octanol–water partition coefficient (Wildman–Crippen LogP) is 1.41. The van der Waals surface area contributed by atoms with Crippen molar-refractivity contribution in [3.8, 4) is 11.8 Å². The summed E-state index contributed by atoms with van der Waals surface area (Å²) in [6.07, 6.45) is 0. The van der Waals surface area contributed by atoms with Gasteiger partial charge in [0.25, 0.3) is 5.91 Å². The number of carbonyl (C=O) groups excluding carboxylic acids is 1. The molecule has 1 amide bonds. The molecule has 0 saturated carbocycles. The van der Waals surface area contributed by atoms with Gasteiger partial charge in [-0.15, -0.1) is 0 Å². The van der Waals surface area contributed by atoms with E-state index in [1.165, 1.54) is 0 Å². The molecule has 1 aromatic rings. The molecule has 0 atom stereocenters. The Bertz CT molecular complexity index is 515. The Kier molecular flexibility index (Phi) is 6.78. The third kappa shape index (κ3) is 4.37. The maximum atomic E-state index is 12.6. The van der Waals surface area contributed by atoms with Crippen LogP contribution >= 0.6 is 0 Å². The minimum Gasteiger partial charge on any atom is -0.383 e. The highest BCUT2D eigenvalue weighted by molar-refractivity contribution is 5.97. The van der Waals surface area contributed by atoms with Crippen molar-refractivity contribution in [2.45, 2.75) is 13.8 Å². The Hall–Kier alpha value is -1.83. The van der Waals surface area contributed by atoms with Crippen molar-refractivity contribution in [1.82, 2.24) is 4.90 Å². The SMILES string of the molecule is CCN(CCOC)C(=O)c1cc(C)ccc1C#CCN. The molecular formula is C16H22N2O2. The lowest BCUT2D eigenvalue weighted by atomic mass is 10.0. The van der Waals surface area contributed by atoms with Crippen molar-refractivity contribution >= 4 is 5.91 Å². The van der Waals surface area contributed by atoms with E-state index in [2.05, 4.69) is 11.8 Å². The second-order valence-electron chi connectivity index (χ2n) is 4.43. The monoisotopic (exact) mass is 274 g/mol. The summed E-state index contributed by atoms with van der Waals surface area (Å²) in [6.45, 7) is 5.93. The average Bonchev–Trinajstić information content (AvgIpc) is 2.46. The van der Waals surface area contributed by atoms with Gasteiger partial charge in [-0.1, -0.05) is 23.5 Å². The van der Waals surface area contributed by atoms with Crippen molar-refractivity contribution in [3.63, 3.8) is 0 Å². The highest BCUT2D eigenvalue weighted by atomic mass is 16.5. The van der Waals surface area contributed by atoms with Crippen LogP contribution in [-0.4, -0.2) is 44.2 Å². The fourth-order valence-corrected chi connectivity index (χ4v) is 1.87. The number of amides is 1. The molecule has 0 bridgehead atoms. The van der Waals surface area contributed by atoms with Gasteiger partial charge in [0.2, 0.25) is 0 Å². The number of rotatable bonds is 5. The fourth-order valence-electron chi connectivity index (χ4n) is 1.87. The van der Waals surface area contributed by atoms with Crippen LogP contribution in [0.15, 0.2) is 18.2 Å². The van der Waals surface area contributed by atoms with Crippen LogP contribution in [0.4, 0.5) is 0 Å². The number of methoxy groups -OCH3 is 1. The molecule has 20 heavy (non-hydrogen) atoms. The minimum atomic E-state index is -0.0189. The molecule has 4 heteroatoms. The number of carbonyl (C=O) groups is 1. The molecule has 4 nitrogen and oxygen atoms in total. The molecule has 108 valence electrons. The zero-order chi connectivity index (χ0) is 15.0. The Morgan fingerprint density at radius 3 is 2.80 bits per heavy atom. The van der Waals surface area contributed by atoms with Crippen molar-refractivity contribution in [3.05, 3.63) is 34.9 Å². The van der Waals surface area contributed by atoms with Crippen LogP contribution in [-0.2, 0) is 4.74 Å². The molecule has 0 aliphatic heterocycles. The first-order valence-corrected chi connectivity index (χ1v) is 6.71. The van der Waals surface area contributed by atoms with Gasteiger partial charge in [-0.2, -0.15) is 0 Å². The zero-order valence-corrected chi connectivity index (χ0v) is 12.4. The molecule has 0 heterocycles. The lowest BCUT2D eigenvalue weighted by Crippen LogP contribution is -2.34. The summed E-state index contributed by atoms with van der Waals surface area (Å²) in [4.78, 5) is 14.3. The zero-order valence-electron chi connectivity index (χ0n) is 12.4. The second-order valence-corrected chi connectivity index (χ2v) is 4.43. The van der Waals surface area contributed by atoms with E-state index in [1.54, 1.807) is 12.0 Å². The molecule has 0 saturated heterocycles. The molecule has 1 aromatic carbocycles. The number of hydrogen-bond acceptors (Lipinski definition) is 3. The van der Waals surface area contributed by atoms with Crippen LogP contribution in [0.3, 0.4) is 0 Å². The van der Waals surface area contributed by atoms with E-state index < -0.39 is 0 Å². The van der Waals surface area contributed by atoms with Crippen LogP contribution in [0.25, 0.3) is 0 Å². The normalized spacial score (nSPS) is 9.80. The van der Waals surface area contributed by atoms with Gasteiger partial charge in [0.15, 0.2) is 0 Å². The van der Waals surface area contributed by atoms with Gasteiger partial charge in [0.1, 0.15) is 0 Å². The van der Waals surface area contributed by atoms with Crippen molar-refractivity contribution in [2.75, 3.05) is 33.4 Å². The Morgan fingerprint density at radius 1 is 1.45 bits per heavy atom. The fraction of sp³-hybridized carbons (Fsp3) is 0.438. The van der Waals surface area contributed by atoms with Gasteiger partial charge < -0.3 is 15.4 Å². The summed E-state index contributed by atoms with van der Waals surface area (Å²) in [5, 5.41) is 0. The number of nitrogens with zero attached hydrogens (tertiary/aromatic N) is 1. The summed E-state index contributed by atoms with van der Waals surface area (Å²) in [6, 6.07) is 5.69. The predicted molar refractivity (Wildman–Crippen MR) is 80.6 cm³/mol. The number of hydrogen-bond donors (Lipinski definition) is 1.